The molecular weight excluding hydrogens is 248 g/mol. The van der Waals surface area contributed by atoms with Gasteiger partial charge in [-0.05, 0) is 35.7 Å². The summed E-state index contributed by atoms with van der Waals surface area (Å²) in [6.07, 6.45) is 1.14. The summed E-state index contributed by atoms with van der Waals surface area (Å²) in [6, 6.07) is 16.9. The van der Waals surface area contributed by atoms with E-state index in [-0.39, 0.29) is 0 Å². The average molecular weight is 268 g/mol. The Balaban J connectivity index is 1.72. The lowest BCUT2D eigenvalue weighted by Gasteiger charge is -2.19. The Labute approximate surface area is 120 Å². The van der Waals surface area contributed by atoms with Gasteiger partial charge in [-0.15, -0.1) is 0 Å². The highest BCUT2D eigenvalue weighted by molar-refractivity contribution is 5.58. The maximum Gasteiger partial charge on any atom is 0.119 e. The van der Waals surface area contributed by atoms with Crippen LogP contribution in [0.15, 0.2) is 48.5 Å². The van der Waals surface area contributed by atoms with Crippen molar-refractivity contribution in [2.75, 3.05) is 24.6 Å². The van der Waals surface area contributed by atoms with Gasteiger partial charge in [0.05, 0.1) is 0 Å². The van der Waals surface area contributed by atoms with Gasteiger partial charge in [-0.3, -0.25) is 0 Å². The molecule has 3 rings (SSSR count). The molecule has 0 aromatic heterocycles. The molecule has 0 fully saturated rings. The van der Waals surface area contributed by atoms with Gasteiger partial charge in [0, 0.05) is 25.3 Å². The first kappa shape index (κ1) is 13.0. The lowest BCUT2D eigenvalue weighted by Crippen LogP contribution is -2.19. The largest absolute Gasteiger partial charge is 0.492 e. The Hall–Kier alpha value is -2.00. The number of para-hydroxylation sites is 1. The monoisotopic (exact) mass is 268 g/mol. The molecule has 0 saturated heterocycles. The Kier molecular flexibility index (Phi) is 3.88. The smallest absolute Gasteiger partial charge is 0.119 e. The van der Waals surface area contributed by atoms with E-state index < -0.39 is 0 Å². The third-order valence-electron chi connectivity index (χ3n) is 3.64. The van der Waals surface area contributed by atoms with Crippen molar-refractivity contribution in [3.05, 3.63) is 59.7 Å². The Bertz CT molecular complexity index is 583. The molecule has 2 N–H and O–H groups in total. The summed E-state index contributed by atoms with van der Waals surface area (Å²) in [5, 5.41) is 0. The van der Waals surface area contributed by atoms with E-state index in [1.54, 1.807) is 0 Å². The summed E-state index contributed by atoms with van der Waals surface area (Å²) < 4.78 is 5.59. The van der Waals surface area contributed by atoms with Crippen LogP contribution in [0.4, 0.5) is 5.69 Å². The molecule has 2 aromatic carbocycles. The van der Waals surface area contributed by atoms with Crippen LogP contribution in [-0.2, 0) is 13.0 Å². The minimum absolute atomic E-state index is 0.545. The molecule has 0 radical (unpaired) electrons. The van der Waals surface area contributed by atoms with Crippen LogP contribution in [-0.4, -0.2) is 19.7 Å². The van der Waals surface area contributed by atoms with Gasteiger partial charge in [0.2, 0.25) is 0 Å². The molecule has 3 heteroatoms. The molecule has 0 unspecified atom stereocenters. The van der Waals surface area contributed by atoms with E-state index >= 15 is 0 Å². The van der Waals surface area contributed by atoms with Gasteiger partial charge in [0.25, 0.3) is 0 Å². The summed E-state index contributed by atoms with van der Waals surface area (Å²) in [7, 11) is 0. The summed E-state index contributed by atoms with van der Waals surface area (Å²) in [5.74, 6) is 0.903. The first-order chi connectivity index (χ1) is 9.86. The van der Waals surface area contributed by atoms with E-state index in [0.29, 0.717) is 13.2 Å². The van der Waals surface area contributed by atoms with E-state index in [1.807, 2.05) is 12.1 Å². The topological polar surface area (TPSA) is 38.5 Å². The number of benzene rings is 2. The zero-order valence-corrected chi connectivity index (χ0v) is 11.6. The molecule has 3 nitrogen and oxygen atoms in total. The van der Waals surface area contributed by atoms with Crippen molar-refractivity contribution in [2.24, 2.45) is 5.73 Å². The molecule has 0 bridgehead atoms. The number of hydrogen-bond donors (Lipinski definition) is 1. The van der Waals surface area contributed by atoms with Crippen LogP contribution < -0.4 is 15.4 Å². The number of ether oxygens (including phenoxy) is 1. The van der Waals surface area contributed by atoms with Crippen LogP contribution >= 0.6 is 0 Å². The first-order valence-electron chi connectivity index (χ1n) is 7.11. The standard InChI is InChI=1S/C17H20N2O/c18-9-11-20-16-6-3-4-14(12-16)13-19-10-8-15-5-1-2-7-17(15)19/h1-7,12H,8-11,13,18H2. The lowest BCUT2D eigenvalue weighted by atomic mass is 10.1. The van der Waals surface area contributed by atoms with E-state index in [4.69, 9.17) is 10.5 Å². The minimum atomic E-state index is 0.545. The van der Waals surface area contributed by atoms with Crippen molar-refractivity contribution in [1.82, 2.24) is 0 Å². The highest BCUT2D eigenvalue weighted by atomic mass is 16.5. The third-order valence-corrected chi connectivity index (χ3v) is 3.64. The molecule has 1 heterocycles. The molecular formula is C17H20N2O. The highest BCUT2D eigenvalue weighted by Gasteiger charge is 2.18. The van der Waals surface area contributed by atoms with E-state index in [9.17, 15) is 0 Å². The molecule has 0 spiro atoms. The summed E-state index contributed by atoms with van der Waals surface area (Å²) >= 11 is 0. The second-order valence-corrected chi connectivity index (χ2v) is 5.08. The average Bonchev–Trinajstić information content (AvgIpc) is 2.89. The summed E-state index contributed by atoms with van der Waals surface area (Å²) in [4.78, 5) is 2.43. The summed E-state index contributed by atoms with van der Waals surface area (Å²) in [6.45, 7) is 3.13. The van der Waals surface area contributed by atoms with Crippen LogP contribution in [0.2, 0.25) is 0 Å². The van der Waals surface area contributed by atoms with Crippen molar-refractivity contribution in [1.29, 1.82) is 0 Å². The fourth-order valence-electron chi connectivity index (χ4n) is 2.70. The molecule has 1 aliphatic heterocycles. The van der Waals surface area contributed by atoms with Gasteiger partial charge in [-0.1, -0.05) is 30.3 Å². The van der Waals surface area contributed by atoms with Gasteiger partial charge in [0.1, 0.15) is 12.4 Å². The maximum absolute atomic E-state index is 5.59. The van der Waals surface area contributed by atoms with Gasteiger partial charge in [-0.25, -0.2) is 0 Å². The minimum Gasteiger partial charge on any atom is -0.492 e. The maximum atomic E-state index is 5.59. The van der Waals surface area contributed by atoms with Crippen LogP contribution in [0.25, 0.3) is 0 Å². The molecule has 0 atom stereocenters. The zero-order valence-electron chi connectivity index (χ0n) is 11.6. The second-order valence-electron chi connectivity index (χ2n) is 5.08. The normalized spacial score (nSPS) is 13.3. The van der Waals surface area contributed by atoms with Gasteiger partial charge < -0.3 is 15.4 Å². The predicted molar refractivity (Wildman–Crippen MR) is 82.2 cm³/mol. The van der Waals surface area contributed by atoms with Crippen molar-refractivity contribution < 1.29 is 4.74 Å². The predicted octanol–water partition coefficient (Wildman–Crippen LogP) is 2.59. The van der Waals surface area contributed by atoms with Crippen molar-refractivity contribution in [3.8, 4) is 5.75 Å². The fourth-order valence-corrected chi connectivity index (χ4v) is 2.70. The van der Waals surface area contributed by atoms with Gasteiger partial charge in [0.15, 0.2) is 0 Å². The zero-order chi connectivity index (χ0) is 13.8. The van der Waals surface area contributed by atoms with E-state index in [0.717, 1.165) is 25.3 Å². The Morgan fingerprint density at radius 2 is 2.00 bits per heavy atom. The highest BCUT2D eigenvalue weighted by Crippen LogP contribution is 2.29. The number of hydrogen-bond acceptors (Lipinski definition) is 3. The molecule has 0 aliphatic carbocycles. The van der Waals surface area contributed by atoms with E-state index in [2.05, 4.69) is 41.3 Å². The molecule has 1 aliphatic rings. The number of nitrogens with zero attached hydrogens (tertiary/aromatic N) is 1. The molecule has 0 saturated carbocycles. The van der Waals surface area contributed by atoms with Crippen molar-refractivity contribution in [3.63, 3.8) is 0 Å². The quantitative estimate of drug-likeness (QED) is 0.906. The first-order valence-corrected chi connectivity index (χ1v) is 7.11. The van der Waals surface area contributed by atoms with Crippen molar-refractivity contribution in [2.45, 2.75) is 13.0 Å². The Morgan fingerprint density at radius 3 is 2.90 bits per heavy atom. The number of nitrogens with two attached hydrogens (primary N) is 1. The number of rotatable bonds is 5. The molecule has 2 aromatic rings. The van der Waals surface area contributed by atoms with Crippen LogP contribution in [0, 0.1) is 0 Å². The molecule has 104 valence electrons. The fraction of sp³-hybridized carbons (Fsp3) is 0.294. The van der Waals surface area contributed by atoms with E-state index in [1.165, 1.54) is 16.8 Å². The van der Waals surface area contributed by atoms with Crippen LogP contribution in [0.5, 0.6) is 5.75 Å². The number of fused-ring (bicyclic) bond motifs is 1. The van der Waals surface area contributed by atoms with Crippen LogP contribution in [0.1, 0.15) is 11.1 Å². The molecule has 20 heavy (non-hydrogen) atoms. The number of anilines is 1. The Morgan fingerprint density at radius 1 is 1.10 bits per heavy atom. The second kappa shape index (κ2) is 5.97. The SMILES string of the molecule is NCCOc1cccc(CN2CCc3ccccc32)c1. The third kappa shape index (κ3) is 2.78. The van der Waals surface area contributed by atoms with Gasteiger partial charge in [-0.2, -0.15) is 0 Å². The lowest BCUT2D eigenvalue weighted by molar-refractivity contribution is 0.328. The van der Waals surface area contributed by atoms with Gasteiger partial charge >= 0.3 is 0 Å². The van der Waals surface area contributed by atoms with Crippen LogP contribution in [0.3, 0.4) is 0 Å². The van der Waals surface area contributed by atoms with Crippen molar-refractivity contribution >= 4 is 5.69 Å². The summed E-state index contributed by atoms with van der Waals surface area (Å²) in [5.41, 5.74) is 9.55. The molecule has 0 amide bonds.